The Bertz CT molecular complexity index is 292. The average Bonchev–Trinajstić information content (AvgIpc) is 2.34. The summed E-state index contributed by atoms with van der Waals surface area (Å²) in [6.45, 7) is 4.99. The van der Waals surface area contributed by atoms with Crippen molar-refractivity contribution in [3.05, 3.63) is 29.8 Å². The minimum atomic E-state index is 0.307. The first kappa shape index (κ1) is 14.0. The summed E-state index contributed by atoms with van der Waals surface area (Å²) in [5.41, 5.74) is 1.11. The minimum Gasteiger partial charge on any atom is -0.508 e. The van der Waals surface area contributed by atoms with E-state index in [0.717, 1.165) is 12.0 Å². The van der Waals surface area contributed by atoms with Gasteiger partial charge in [-0.15, -0.1) is 0 Å². The maximum absolute atomic E-state index is 9.16. The third-order valence-corrected chi connectivity index (χ3v) is 2.94. The normalized spacial score (nSPS) is 12.6. The van der Waals surface area contributed by atoms with Gasteiger partial charge in [0.25, 0.3) is 0 Å². The maximum Gasteiger partial charge on any atom is 0.115 e. The van der Waals surface area contributed by atoms with E-state index in [1.165, 1.54) is 25.7 Å². The van der Waals surface area contributed by atoms with E-state index in [1.54, 1.807) is 12.1 Å². The van der Waals surface area contributed by atoms with Crippen LogP contribution in [-0.2, 0) is 11.3 Å². The highest BCUT2D eigenvalue weighted by Gasteiger charge is 2.02. The quantitative estimate of drug-likeness (QED) is 0.683. The molecule has 1 aromatic carbocycles. The number of benzene rings is 1. The van der Waals surface area contributed by atoms with Gasteiger partial charge in [0.1, 0.15) is 5.75 Å². The van der Waals surface area contributed by atoms with Crippen LogP contribution in [-0.4, -0.2) is 11.2 Å². The number of hydrogen-bond donors (Lipinski definition) is 1. The van der Waals surface area contributed by atoms with Gasteiger partial charge in [-0.25, -0.2) is 0 Å². The number of hydrogen-bond acceptors (Lipinski definition) is 2. The van der Waals surface area contributed by atoms with E-state index in [9.17, 15) is 0 Å². The zero-order valence-corrected chi connectivity index (χ0v) is 11.0. The highest BCUT2D eigenvalue weighted by molar-refractivity contribution is 5.25. The van der Waals surface area contributed by atoms with Crippen molar-refractivity contribution in [1.29, 1.82) is 0 Å². The van der Waals surface area contributed by atoms with Crippen molar-refractivity contribution in [2.45, 2.75) is 58.7 Å². The van der Waals surface area contributed by atoms with Crippen LogP contribution >= 0.6 is 0 Å². The van der Waals surface area contributed by atoms with Crippen molar-refractivity contribution in [1.82, 2.24) is 0 Å². The van der Waals surface area contributed by atoms with Crippen LogP contribution in [0.1, 0.15) is 51.5 Å². The molecule has 0 aromatic heterocycles. The molecule has 1 aromatic rings. The van der Waals surface area contributed by atoms with Gasteiger partial charge >= 0.3 is 0 Å². The SMILES string of the molecule is CCCCCC[C@H](C)OCc1ccc(O)cc1. The summed E-state index contributed by atoms with van der Waals surface area (Å²) >= 11 is 0. The molecule has 0 fully saturated rings. The Morgan fingerprint density at radius 2 is 1.82 bits per heavy atom. The Morgan fingerprint density at radius 1 is 1.12 bits per heavy atom. The monoisotopic (exact) mass is 236 g/mol. The molecule has 1 rings (SSSR count). The molecule has 96 valence electrons. The van der Waals surface area contributed by atoms with Gasteiger partial charge in [-0.2, -0.15) is 0 Å². The summed E-state index contributed by atoms with van der Waals surface area (Å²) in [5, 5.41) is 9.16. The first-order valence-corrected chi connectivity index (χ1v) is 6.62. The van der Waals surface area contributed by atoms with Crippen molar-refractivity contribution in [2.75, 3.05) is 0 Å². The molecule has 2 heteroatoms. The minimum absolute atomic E-state index is 0.307. The van der Waals surface area contributed by atoms with Crippen LogP contribution in [0.2, 0.25) is 0 Å². The van der Waals surface area contributed by atoms with E-state index in [0.29, 0.717) is 18.5 Å². The smallest absolute Gasteiger partial charge is 0.115 e. The number of phenolic OH excluding ortho intramolecular Hbond substituents is 1. The van der Waals surface area contributed by atoms with E-state index in [4.69, 9.17) is 9.84 Å². The molecule has 0 saturated heterocycles. The molecule has 1 atom stereocenters. The average molecular weight is 236 g/mol. The van der Waals surface area contributed by atoms with Gasteiger partial charge in [-0.1, -0.05) is 44.7 Å². The molecular formula is C15H24O2. The zero-order valence-electron chi connectivity index (χ0n) is 11.0. The molecule has 0 spiro atoms. The van der Waals surface area contributed by atoms with Crippen LogP contribution in [0.25, 0.3) is 0 Å². The molecule has 0 aliphatic rings. The molecule has 2 nitrogen and oxygen atoms in total. The first-order valence-electron chi connectivity index (χ1n) is 6.62. The van der Waals surface area contributed by atoms with E-state index >= 15 is 0 Å². The molecule has 0 amide bonds. The molecule has 0 saturated carbocycles. The van der Waals surface area contributed by atoms with Gasteiger partial charge in [-0.3, -0.25) is 0 Å². The van der Waals surface area contributed by atoms with Gasteiger partial charge < -0.3 is 9.84 Å². The van der Waals surface area contributed by atoms with Crippen LogP contribution in [0.15, 0.2) is 24.3 Å². The highest BCUT2D eigenvalue weighted by atomic mass is 16.5. The summed E-state index contributed by atoms with van der Waals surface area (Å²) in [7, 11) is 0. The zero-order chi connectivity index (χ0) is 12.5. The number of unbranched alkanes of at least 4 members (excludes halogenated alkanes) is 3. The number of rotatable bonds is 8. The molecule has 1 N–H and O–H groups in total. The van der Waals surface area contributed by atoms with E-state index in [-0.39, 0.29) is 0 Å². The predicted molar refractivity (Wildman–Crippen MR) is 71.1 cm³/mol. The third kappa shape index (κ3) is 6.32. The highest BCUT2D eigenvalue weighted by Crippen LogP contribution is 2.13. The number of aromatic hydroxyl groups is 1. The van der Waals surface area contributed by atoms with Crippen molar-refractivity contribution in [3.63, 3.8) is 0 Å². The van der Waals surface area contributed by atoms with E-state index < -0.39 is 0 Å². The second-order valence-electron chi connectivity index (χ2n) is 4.64. The summed E-state index contributed by atoms with van der Waals surface area (Å²) < 4.78 is 5.77. The lowest BCUT2D eigenvalue weighted by molar-refractivity contribution is 0.0459. The fourth-order valence-corrected chi connectivity index (χ4v) is 1.77. The Morgan fingerprint density at radius 3 is 2.47 bits per heavy atom. The number of phenols is 1. The van der Waals surface area contributed by atoms with Crippen molar-refractivity contribution >= 4 is 0 Å². The van der Waals surface area contributed by atoms with Crippen molar-refractivity contribution in [2.24, 2.45) is 0 Å². The standard InChI is InChI=1S/C15H24O2/c1-3-4-5-6-7-13(2)17-12-14-8-10-15(16)11-9-14/h8-11,13,16H,3-7,12H2,1-2H3/t13-/m0/s1. The summed E-state index contributed by atoms with van der Waals surface area (Å²) in [6, 6.07) is 7.20. The third-order valence-electron chi connectivity index (χ3n) is 2.94. The number of ether oxygens (including phenoxy) is 1. The van der Waals surface area contributed by atoms with Crippen molar-refractivity contribution < 1.29 is 9.84 Å². The Balaban J connectivity index is 2.14. The lowest BCUT2D eigenvalue weighted by atomic mass is 10.1. The van der Waals surface area contributed by atoms with Gasteiger partial charge in [0.2, 0.25) is 0 Å². The molecule has 0 aliphatic heterocycles. The van der Waals surface area contributed by atoms with Crippen molar-refractivity contribution in [3.8, 4) is 5.75 Å². The Labute approximate surface area is 105 Å². The largest absolute Gasteiger partial charge is 0.508 e. The van der Waals surface area contributed by atoms with E-state index in [2.05, 4.69) is 13.8 Å². The van der Waals surface area contributed by atoms with Gasteiger partial charge in [0, 0.05) is 0 Å². The molecular weight excluding hydrogens is 212 g/mol. The summed E-state index contributed by atoms with van der Waals surface area (Å²) in [4.78, 5) is 0. The molecule has 0 radical (unpaired) electrons. The predicted octanol–water partition coefficient (Wildman–Crippen LogP) is 4.27. The second kappa shape index (κ2) is 8.13. The van der Waals surface area contributed by atoms with Crippen LogP contribution in [0.3, 0.4) is 0 Å². The van der Waals surface area contributed by atoms with Crippen LogP contribution in [0, 0.1) is 0 Å². The lowest BCUT2D eigenvalue weighted by Crippen LogP contribution is -2.07. The topological polar surface area (TPSA) is 29.5 Å². The Hall–Kier alpha value is -1.02. The van der Waals surface area contributed by atoms with Gasteiger partial charge in [-0.05, 0) is 31.0 Å². The van der Waals surface area contributed by atoms with Crippen LogP contribution in [0.4, 0.5) is 0 Å². The Kier molecular flexibility index (Phi) is 6.71. The molecule has 0 unspecified atom stereocenters. The lowest BCUT2D eigenvalue weighted by Gasteiger charge is -2.12. The fraction of sp³-hybridized carbons (Fsp3) is 0.600. The maximum atomic E-state index is 9.16. The molecule has 0 bridgehead atoms. The van der Waals surface area contributed by atoms with E-state index in [1.807, 2.05) is 12.1 Å². The van der Waals surface area contributed by atoms with Crippen LogP contribution in [0.5, 0.6) is 5.75 Å². The fourth-order valence-electron chi connectivity index (χ4n) is 1.77. The molecule has 17 heavy (non-hydrogen) atoms. The molecule has 0 aliphatic carbocycles. The summed E-state index contributed by atoms with van der Waals surface area (Å²) in [5.74, 6) is 0.307. The first-order chi connectivity index (χ1) is 8.22. The van der Waals surface area contributed by atoms with Crippen LogP contribution < -0.4 is 0 Å². The van der Waals surface area contributed by atoms with Gasteiger partial charge in [0.05, 0.1) is 12.7 Å². The summed E-state index contributed by atoms with van der Waals surface area (Å²) in [6.07, 6.45) is 6.63. The van der Waals surface area contributed by atoms with Gasteiger partial charge in [0.15, 0.2) is 0 Å². The second-order valence-corrected chi connectivity index (χ2v) is 4.64. The molecule has 0 heterocycles.